The molecule has 1 rings (SSSR count). The van der Waals surface area contributed by atoms with Gasteiger partial charge in [0.25, 0.3) is 0 Å². The van der Waals surface area contributed by atoms with Gasteiger partial charge in [-0.1, -0.05) is 25.9 Å². The average molecular weight is 220 g/mol. The van der Waals surface area contributed by atoms with Crippen LogP contribution in [0.3, 0.4) is 0 Å². The molecule has 1 N–H and O–H groups in total. The molecule has 0 radical (unpaired) electrons. The molecule has 0 saturated carbocycles. The summed E-state index contributed by atoms with van der Waals surface area (Å²) in [5.74, 6) is -7.61. The number of hydrogen-bond acceptors (Lipinski definition) is 4. The maximum absolute atomic E-state index is 12.9. The first-order valence-corrected chi connectivity index (χ1v) is 4.11. The Morgan fingerprint density at radius 2 is 1.93 bits per heavy atom. The largest absolute Gasteiger partial charge is 0.476 e. The third-order valence-electron chi connectivity index (χ3n) is 1.63. The van der Waals surface area contributed by atoms with Crippen LogP contribution in [0, 0.1) is 0 Å². The number of aromatic nitrogens is 2. The third-order valence-corrected chi connectivity index (χ3v) is 1.63. The third kappa shape index (κ3) is 2.11. The zero-order valence-corrected chi connectivity index (χ0v) is 8.41. The molecular formula is C8H10F2N2O3. The number of alkyl halides is 2. The molecule has 0 aliphatic heterocycles. The highest BCUT2D eigenvalue weighted by Gasteiger charge is 2.47. The van der Waals surface area contributed by atoms with Gasteiger partial charge in [0.2, 0.25) is 0 Å². The molecule has 0 atom stereocenters. The Balaban J connectivity index is 3.10. The molecule has 0 amide bonds. The lowest BCUT2D eigenvalue weighted by Gasteiger charge is -2.11. The second kappa shape index (κ2) is 3.25. The van der Waals surface area contributed by atoms with E-state index in [0.717, 1.165) is 0 Å². The van der Waals surface area contributed by atoms with E-state index in [-0.39, 0.29) is 5.82 Å². The Morgan fingerprint density at radius 3 is 2.27 bits per heavy atom. The van der Waals surface area contributed by atoms with Crippen molar-refractivity contribution in [3.63, 3.8) is 0 Å². The molecule has 0 fully saturated rings. The van der Waals surface area contributed by atoms with Crippen LogP contribution >= 0.6 is 0 Å². The van der Waals surface area contributed by atoms with Crippen molar-refractivity contribution in [3.8, 4) is 0 Å². The minimum atomic E-state index is -4.14. The summed E-state index contributed by atoms with van der Waals surface area (Å²) in [7, 11) is 0. The van der Waals surface area contributed by atoms with Crippen molar-refractivity contribution in [2.24, 2.45) is 0 Å². The van der Waals surface area contributed by atoms with Gasteiger partial charge in [0, 0.05) is 5.41 Å². The molecule has 0 unspecified atom stereocenters. The first-order chi connectivity index (χ1) is 6.65. The predicted molar refractivity (Wildman–Crippen MR) is 44.5 cm³/mol. The molecule has 1 aromatic rings. The molecule has 0 spiro atoms. The van der Waals surface area contributed by atoms with Crippen LogP contribution in [0.4, 0.5) is 8.78 Å². The lowest BCUT2D eigenvalue weighted by Crippen LogP contribution is -2.26. The Kier molecular flexibility index (Phi) is 2.50. The minimum Gasteiger partial charge on any atom is -0.476 e. The molecule has 1 aromatic heterocycles. The first kappa shape index (κ1) is 11.5. The summed E-state index contributed by atoms with van der Waals surface area (Å²) < 4.78 is 30.0. The summed E-state index contributed by atoms with van der Waals surface area (Å²) in [5, 5.41) is 11.5. The highest BCUT2D eigenvalue weighted by Crippen LogP contribution is 2.28. The second-order valence-electron chi connectivity index (χ2n) is 4.05. The second-order valence-corrected chi connectivity index (χ2v) is 4.05. The van der Waals surface area contributed by atoms with Crippen LogP contribution in [-0.2, 0) is 16.1 Å². The van der Waals surface area contributed by atoms with Gasteiger partial charge in [0.15, 0.2) is 5.82 Å². The first-order valence-electron chi connectivity index (χ1n) is 4.11. The maximum atomic E-state index is 12.9. The van der Waals surface area contributed by atoms with Gasteiger partial charge in [-0.2, -0.15) is 13.8 Å². The van der Waals surface area contributed by atoms with Crippen molar-refractivity contribution < 1.29 is 23.2 Å². The average Bonchev–Trinajstić information content (AvgIpc) is 2.50. The number of carboxylic acid groups (broad SMARTS) is 1. The number of rotatable bonds is 2. The summed E-state index contributed by atoms with van der Waals surface area (Å²) in [4.78, 5) is 13.6. The van der Waals surface area contributed by atoms with Crippen molar-refractivity contribution >= 4 is 5.97 Å². The van der Waals surface area contributed by atoms with E-state index in [1.807, 2.05) is 0 Å². The Hall–Kier alpha value is -1.53. The number of carboxylic acids is 1. The number of nitrogens with zero attached hydrogens (tertiary/aromatic N) is 2. The number of halogens is 2. The lowest BCUT2D eigenvalue weighted by atomic mass is 9.96. The number of hydrogen-bond donors (Lipinski definition) is 1. The van der Waals surface area contributed by atoms with E-state index in [2.05, 4.69) is 14.7 Å². The molecule has 0 aromatic carbocycles. The normalized spacial score (nSPS) is 12.9. The van der Waals surface area contributed by atoms with Crippen LogP contribution in [0.15, 0.2) is 4.52 Å². The van der Waals surface area contributed by atoms with Gasteiger partial charge in [0.1, 0.15) is 0 Å². The van der Waals surface area contributed by atoms with Gasteiger partial charge in [-0.3, -0.25) is 0 Å². The molecule has 0 saturated heterocycles. The summed E-state index contributed by atoms with van der Waals surface area (Å²) >= 11 is 0. The van der Waals surface area contributed by atoms with Crippen LogP contribution in [0.1, 0.15) is 32.5 Å². The Bertz CT molecular complexity index is 381. The summed E-state index contributed by atoms with van der Waals surface area (Å²) in [5.41, 5.74) is -0.573. The smallest absolute Gasteiger partial charge is 0.419 e. The van der Waals surface area contributed by atoms with E-state index in [1.165, 1.54) is 0 Å². The van der Waals surface area contributed by atoms with Crippen molar-refractivity contribution in [2.75, 3.05) is 0 Å². The minimum absolute atomic E-state index is 0.0402. The van der Waals surface area contributed by atoms with Gasteiger partial charge in [0.05, 0.1) is 0 Å². The van der Waals surface area contributed by atoms with Crippen molar-refractivity contribution in [2.45, 2.75) is 32.1 Å². The van der Waals surface area contributed by atoms with E-state index in [0.29, 0.717) is 0 Å². The lowest BCUT2D eigenvalue weighted by molar-refractivity contribution is -0.170. The SMILES string of the molecule is CC(C)(C)c1noc(C(F)(F)C(=O)O)n1. The molecule has 5 nitrogen and oxygen atoms in total. The van der Waals surface area contributed by atoms with Gasteiger partial charge in [-0.05, 0) is 0 Å². The van der Waals surface area contributed by atoms with E-state index in [4.69, 9.17) is 5.11 Å². The monoisotopic (exact) mass is 220 g/mol. The summed E-state index contributed by atoms with van der Waals surface area (Å²) in [6, 6.07) is 0. The van der Waals surface area contributed by atoms with Gasteiger partial charge >= 0.3 is 17.8 Å². The fourth-order valence-electron chi connectivity index (χ4n) is 0.747. The van der Waals surface area contributed by atoms with Crippen molar-refractivity contribution in [3.05, 3.63) is 11.7 Å². The fraction of sp³-hybridized carbons (Fsp3) is 0.625. The molecule has 7 heteroatoms. The Morgan fingerprint density at radius 1 is 1.40 bits per heavy atom. The van der Waals surface area contributed by atoms with E-state index in [9.17, 15) is 13.6 Å². The van der Waals surface area contributed by atoms with Crippen LogP contribution in [0.25, 0.3) is 0 Å². The Labute approximate surface area is 84.1 Å². The van der Waals surface area contributed by atoms with Gasteiger partial charge in [-0.25, -0.2) is 4.79 Å². The highest BCUT2D eigenvalue weighted by atomic mass is 19.3. The standard InChI is InChI=1S/C8H10F2N2O3/c1-7(2,3)4-11-5(15-12-4)8(9,10)6(13)14/h1-3H3,(H,13,14). The van der Waals surface area contributed by atoms with Crippen molar-refractivity contribution in [1.82, 2.24) is 10.1 Å². The quantitative estimate of drug-likeness (QED) is 0.818. The van der Waals surface area contributed by atoms with Crippen LogP contribution in [0.5, 0.6) is 0 Å². The molecule has 1 heterocycles. The molecule has 84 valence electrons. The summed E-state index contributed by atoms with van der Waals surface area (Å²) in [6.07, 6.45) is 0. The van der Waals surface area contributed by atoms with Gasteiger partial charge in [-0.15, -0.1) is 0 Å². The molecule has 0 bridgehead atoms. The van der Waals surface area contributed by atoms with Crippen LogP contribution in [0.2, 0.25) is 0 Å². The highest BCUT2D eigenvalue weighted by molar-refractivity contribution is 5.75. The fourth-order valence-corrected chi connectivity index (χ4v) is 0.747. The molecule has 0 aliphatic carbocycles. The predicted octanol–water partition coefficient (Wildman–Crippen LogP) is 1.54. The number of carbonyl (C=O) groups is 1. The zero-order valence-electron chi connectivity index (χ0n) is 8.41. The summed E-state index contributed by atoms with van der Waals surface area (Å²) in [6.45, 7) is 5.08. The van der Waals surface area contributed by atoms with E-state index in [1.54, 1.807) is 20.8 Å². The van der Waals surface area contributed by atoms with E-state index < -0.39 is 23.2 Å². The molecule has 0 aliphatic rings. The maximum Gasteiger partial charge on any atom is 0.419 e. The topological polar surface area (TPSA) is 76.2 Å². The molecular weight excluding hydrogens is 210 g/mol. The number of aliphatic carboxylic acids is 1. The van der Waals surface area contributed by atoms with Gasteiger partial charge < -0.3 is 9.63 Å². The molecule has 15 heavy (non-hydrogen) atoms. The van der Waals surface area contributed by atoms with Crippen molar-refractivity contribution in [1.29, 1.82) is 0 Å². The van der Waals surface area contributed by atoms with Crippen LogP contribution in [-0.4, -0.2) is 21.2 Å². The zero-order chi connectivity index (χ0) is 11.9. The van der Waals surface area contributed by atoms with E-state index >= 15 is 0 Å². The van der Waals surface area contributed by atoms with Crippen LogP contribution < -0.4 is 0 Å².